The highest BCUT2D eigenvalue weighted by atomic mass is 35.5. The summed E-state index contributed by atoms with van der Waals surface area (Å²) >= 11 is 7.58. The van der Waals surface area contributed by atoms with E-state index in [1.165, 1.54) is 11.3 Å². The Morgan fingerprint density at radius 3 is 2.66 bits per heavy atom. The molecule has 1 heterocycles. The number of rotatable bonds is 9. The molecule has 0 spiro atoms. The fourth-order valence-electron chi connectivity index (χ4n) is 2.83. The Kier molecular flexibility index (Phi) is 7.86. The number of carbonyl (C=O) groups excluding carboxylic acids is 1. The number of nitrogens with zero attached hydrogens (tertiary/aromatic N) is 2. The van der Waals surface area contributed by atoms with Crippen LogP contribution in [0, 0.1) is 0 Å². The highest BCUT2D eigenvalue weighted by Gasteiger charge is 2.10. The third-order valence-electron chi connectivity index (χ3n) is 4.37. The number of thiazole rings is 1. The first-order chi connectivity index (χ1) is 14.1. The van der Waals surface area contributed by atoms with Gasteiger partial charge in [-0.05, 0) is 55.8 Å². The van der Waals surface area contributed by atoms with Crippen LogP contribution in [0.2, 0.25) is 5.02 Å². The van der Waals surface area contributed by atoms with Crippen LogP contribution in [0.25, 0.3) is 10.2 Å². The van der Waals surface area contributed by atoms with E-state index in [1.54, 1.807) is 12.1 Å². The number of hydrogen-bond acceptors (Lipinski definition) is 4. The summed E-state index contributed by atoms with van der Waals surface area (Å²) in [5.41, 5.74) is 1.52. The summed E-state index contributed by atoms with van der Waals surface area (Å²) in [5, 5.41) is 0.659. The van der Waals surface area contributed by atoms with Crippen molar-refractivity contribution in [1.29, 1.82) is 0 Å². The van der Waals surface area contributed by atoms with Crippen molar-refractivity contribution in [2.24, 2.45) is 4.99 Å². The molecule has 0 aliphatic carbocycles. The standard InChI is InChI=1S/C22H25ClN2O3S/c1-3-5-13-28-18-9-6-16(7-10-18)21(26)24-22-25(12-14-27-4-2)19-11-8-17(23)15-20(19)29-22/h6-11,15H,3-5,12-14H2,1-2H3. The van der Waals surface area contributed by atoms with Gasteiger partial charge in [-0.1, -0.05) is 36.3 Å². The Morgan fingerprint density at radius 1 is 1.14 bits per heavy atom. The third kappa shape index (κ3) is 5.69. The number of ether oxygens (including phenoxy) is 2. The van der Waals surface area contributed by atoms with Crippen LogP contribution < -0.4 is 9.54 Å². The molecule has 5 nitrogen and oxygen atoms in total. The molecule has 0 radical (unpaired) electrons. The molecule has 0 fully saturated rings. The van der Waals surface area contributed by atoms with E-state index in [0.717, 1.165) is 28.8 Å². The highest BCUT2D eigenvalue weighted by Crippen LogP contribution is 2.22. The summed E-state index contributed by atoms with van der Waals surface area (Å²) in [6.45, 7) is 6.57. The van der Waals surface area contributed by atoms with Crippen molar-refractivity contribution >= 4 is 39.1 Å². The molecular formula is C22H25ClN2O3S. The van der Waals surface area contributed by atoms with Crippen molar-refractivity contribution in [3.8, 4) is 5.75 Å². The predicted octanol–water partition coefficient (Wildman–Crippen LogP) is 5.31. The number of amides is 1. The number of unbranched alkanes of at least 4 members (excludes halogenated alkanes) is 1. The van der Waals surface area contributed by atoms with Gasteiger partial charge < -0.3 is 14.0 Å². The van der Waals surface area contributed by atoms with E-state index in [9.17, 15) is 4.79 Å². The first-order valence-corrected chi connectivity index (χ1v) is 11.0. The van der Waals surface area contributed by atoms with E-state index in [4.69, 9.17) is 21.1 Å². The molecule has 0 aliphatic rings. The maximum absolute atomic E-state index is 12.7. The second-order valence-corrected chi connectivity index (χ2v) is 7.93. The molecule has 154 valence electrons. The topological polar surface area (TPSA) is 52.8 Å². The van der Waals surface area contributed by atoms with Crippen LogP contribution >= 0.6 is 22.9 Å². The Balaban J connectivity index is 1.87. The maximum Gasteiger partial charge on any atom is 0.279 e. The Hall–Kier alpha value is -2.15. The van der Waals surface area contributed by atoms with Gasteiger partial charge in [-0.25, -0.2) is 0 Å². The van der Waals surface area contributed by atoms with E-state index in [0.29, 0.717) is 41.8 Å². The van der Waals surface area contributed by atoms with Crippen LogP contribution in [0.5, 0.6) is 5.75 Å². The summed E-state index contributed by atoms with van der Waals surface area (Å²) in [6.07, 6.45) is 2.09. The summed E-state index contributed by atoms with van der Waals surface area (Å²) in [6, 6.07) is 12.8. The molecule has 0 atom stereocenters. The zero-order valence-corrected chi connectivity index (χ0v) is 18.3. The molecule has 0 unspecified atom stereocenters. The lowest BCUT2D eigenvalue weighted by atomic mass is 10.2. The molecule has 0 bridgehead atoms. The average Bonchev–Trinajstić information content (AvgIpc) is 3.05. The number of aromatic nitrogens is 1. The van der Waals surface area contributed by atoms with Gasteiger partial charge in [0.15, 0.2) is 4.80 Å². The van der Waals surface area contributed by atoms with Crippen molar-refractivity contribution in [3.05, 3.63) is 57.9 Å². The molecule has 1 aromatic heterocycles. The largest absolute Gasteiger partial charge is 0.494 e. The van der Waals surface area contributed by atoms with Gasteiger partial charge >= 0.3 is 0 Å². The molecule has 3 aromatic rings. The van der Waals surface area contributed by atoms with E-state index < -0.39 is 0 Å². The fraction of sp³-hybridized carbons (Fsp3) is 0.364. The summed E-state index contributed by atoms with van der Waals surface area (Å²) in [4.78, 5) is 17.8. The van der Waals surface area contributed by atoms with Crippen LogP contribution in [0.4, 0.5) is 0 Å². The smallest absolute Gasteiger partial charge is 0.279 e. The van der Waals surface area contributed by atoms with Crippen molar-refractivity contribution in [2.75, 3.05) is 19.8 Å². The van der Waals surface area contributed by atoms with Gasteiger partial charge in [-0.3, -0.25) is 4.79 Å². The second kappa shape index (κ2) is 10.6. The van der Waals surface area contributed by atoms with Crippen molar-refractivity contribution < 1.29 is 14.3 Å². The van der Waals surface area contributed by atoms with Gasteiger partial charge in [-0.2, -0.15) is 4.99 Å². The lowest BCUT2D eigenvalue weighted by molar-refractivity contribution is 0.0996. The van der Waals surface area contributed by atoms with Crippen molar-refractivity contribution in [1.82, 2.24) is 4.57 Å². The molecule has 0 saturated heterocycles. The van der Waals surface area contributed by atoms with Crippen LogP contribution in [-0.4, -0.2) is 30.3 Å². The highest BCUT2D eigenvalue weighted by molar-refractivity contribution is 7.16. The summed E-state index contributed by atoms with van der Waals surface area (Å²) in [7, 11) is 0. The normalized spacial score (nSPS) is 11.9. The van der Waals surface area contributed by atoms with Gasteiger partial charge in [-0.15, -0.1) is 0 Å². The Morgan fingerprint density at radius 2 is 1.93 bits per heavy atom. The van der Waals surface area contributed by atoms with Gasteiger partial charge in [0, 0.05) is 23.7 Å². The van der Waals surface area contributed by atoms with Gasteiger partial charge in [0.25, 0.3) is 5.91 Å². The second-order valence-electron chi connectivity index (χ2n) is 6.49. The molecule has 1 amide bonds. The number of halogens is 1. The van der Waals surface area contributed by atoms with E-state index in [2.05, 4.69) is 11.9 Å². The summed E-state index contributed by atoms with van der Waals surface area (Å²) < 4.78 is 14.1. The lowest BCUT2D eigenvalue weighted by Gasteiger charge is -2.06. The first-order valence-electron chi connectivity index (χ1n) is 9.81. The van der Waals surface area contributed by atoms with Crippen LogP contribution in [0.15, 0.2) is 47.5 Å². The van der Waals surface area contributed by atoms with Crippen molar-refractivity contribution in [3.63, 3.8) is 0 Å². The van der Waals surface area contributed by atoms with E-state index in [-0.39, 0.29) is 5.91 Å². The van der Waals surface area contributed by atoms with Crippen LogP contribution in [0.1, 0.15) is 37.0 Å². The fourth-order valence-corrected chi connectivity index (χ4v) is 4.16. The van der Waals surface area contributed by atoms with Crippen LogP contribution in [-0.2, 0) is 11.3 Å². The molecule has 7 heteroatoms. The van der Waals surface area contributed by atoms with Crippen LogP contribution in [0.3, 0.4) is 0 Å². The lowest BCUT2D eigenvalue weighted by Crippen LogP contribution is -2.19. The number of fused-ring (bicyclic) bond motifs is 1. The van der Waals surface area contributed by atoms with Gasteiger partial charge in [0.2, 0.25) is 0 Å². The molecule has 2 aromatic carbocycles. The minimum atomic E-state index is -0.284. The minimum absolute atomic E-state index is 0.284. The number of carbonyl (C=O) groups is 1. The third-order valence-corrected chi connectivity index (χ3v) is 5.65. The van der Waals surface area contributed by atoms with Gasteiger partial charge in [0.1, 0.15) is 5.75 Å². The molecule has 0 N–H and O–H groups in total. The zero-order valence-electron chi connectivity index (χ0n) is 16.7. The average molecular weight is 433 g/mol. The van der Waals surface area contributed by atoms with Crippen molar-refractivity contribution in [2.45, 2.75) is 33.2 Å². The van der Waals surface area contributed by atoms with Gasteiger partial charge in [0.05, 0.1) is 23.4 Å². The predicted molar refractivity (Wildman–Crippen MR) is 118 cm³/mol. The quantitative estimate of drug-likeness (QED) is 0.430. The molecular weight excluding hydrogens is 408 g/mol. The Labute approximate surface area is 179 Å². The monoisotopic (exact) mass is 432 g/mol. The SMILES string of the molecule is CCCCOc1ccc(C(=O)N=c2sc3cc(Cl)ccc3n2CCOCC)cc1. The number of benzene rings is 2. The molecule has 0 saturated carbocycles. The molecule has 29 heavy (non-hydrogen) atoms. The Bertz CT molecular complexity index is 1020. The minimum Gasteiger partial charge on any atom is -0.494 e. The van der Waals surface area contributed by atoms with E-state index in [1.807, 2.05) is 41.8 Å². The first kappa shape index (κ1) is 21.6. The maximum atomic E-state index is 12.7. The van der Waals surface area contributed by atoms with E-state index >= 15 is 0 Å². The zero-order chi connectivity index (χ0) is 20.6. The number of hydrogen-bond donors (Lipinski definition) is 0. The summed E-state index contributed by atoms with van der Waals surface area (Å²) in [5.74, 6) is 0.478. The molecule has 3 rings (SSSR count). The molecule has 0 aliphatic heterocycles.